The Morgan fingerprint density at radius 3 is 2.48 bits per heavy atom. The van der Waals surface area contributed by atoms with E-state index in [1.807, 2.05) is 27.7 Å². The molecule has 4 bridgehead atoms. The molecule has 4 nitrogen and oxygen atoms in total. The molecule has 4 fully saturated rings. The minimum Gasteiger partial charge on any atom is -0.458 e. The van der Waals surface area contributed by atoms with Gasteiger partial charge in [0.25, 0.3) is 0 Å². The molecule has 4 heteroatoms. The van der Waals surface area contributed by atoms with Crippen LogP contribution in [0.3, 0.4) is 0 Å². The topological polar surface area (TPSA) is 66.8 Å². The lowest BCUT2D eigenvalue weighted by Crippen LogP contribution is -2.71. The van der Waals surface area contributed by atoms with Crippen molar-refractivity contribution in [2.24, 2.45) is 17.3 Å². The standard InChI is InChI=1S/C17H28O4/c1-5-14(3,4)13(18)21-17-8-12-6-15(19,10-17)9-16(20,7-12)11(17)2/h11-12,19-20H,5-10H2,1-4H3. The summed E-state index contributed by atoms with van der Waals surface area (Å²) in [5.41, 5.74) is -2.95. The fraction of sp³-hybridized carbons (Fsp3) is 0.941. The van der Waals surface area contributed by atoms with E-state index >= 15 is 0 Å². The minimum absolute atomic E-state index is 0.113. The highest BCUT2D eigenvalue weighted by Crippen LogP contribution is 2.63. The third-order valence-corrected chi connectivity index (χ3v) is 6.54. The van der Waals surface area contributed by atoms with Gasteiger partial charge >= 0.3 is 5.97 Å². The molecule has 0 aromatic heterocycles. The summed E-state index contributed by atoms with van der Waals surface area (Å²) < 4.78 is 5.99. The Balaban J connectivity index is 1.91. The number of carbonyl (C=O) groups excluding carboxylic acids is 1. The predicted molar refractivity (Wildman–Crippen MR) is 78.5 cm³/mol. The van der Waals surface area contributed by atoms with Crippen LogP contribution >= 0.6 is 0 Å². The summed E-state index contributed by atoms with van der Waals surface area (Å²) in [4.78, 5) is 12.5. The lowest BCUT2D eigenvalue weighted by Gasteiger charge is -2.65. The average Bonchev–Trinajstić information content (AvgIpc) is 2.33. The molecular weight excluding hydrogens is 268 g/mol. The maximum atomic E-state index is 12.5. The van der Waals surface area contributed by atoms with Crippen LogP contribution in [0, 0.1) is 17.3 Å². The van der Waals surface area contributed by atoms with Crippen molar-refractivity contribution in [2.75, 3.05) is 0 Å². The van der Waals surface area contributed by atoms with Gasteiger partial charge < -0.3 is 14.9 Å². The van der Waals surface area contributed by atoms with Crippen molar-refractivity contribution in [3.63, 3.8) is 0 Å². The molecule has 5 unspecified atom stereocenters. The second-order valence-corrected chi connectivity index (χ2v) is 8.57. The van der Waals surface area contributed by atoms with Gasteiger partial charge in [0.1, 0.15) is 5.60 Å². The van der Waals surface area contributed by atoms with Gasteiger partial charge in [-0.3, -0.25) is 4.79 Å². The summed E-state index contributed by atoms with van der Waals surface area (Å²) >= 11 is 0. The SMILES string of the molecule is CCC(C)(C)C(=O)OC12CC3CC(O)(CC(O)(C3)C1C)C2. The third kappa shape index (κ3) is 2.14. The molecule has 0 saturated heterocycles. The fourth-order valence-corrected chi connectivity index (χ4v) is 5.00. The van der Waals surface area contributed by atoms with E-state index in [4.69, 9.17) is 4.74 Å². The first-order valence-corrected chi connectivity index (χ1v) is 8.22. The van der Waals surface area contributed by atoms with Crippen LogP contribution in [0.4, 0.5) is 0 Å². The quantitative estimate of drug-likeness (QED) is 0.785. The molecule has 2 N–H and O–H groups in total. The number of ether oxygens (including phenoxy) is 1. The van der Waals surface area contributed by atoms with Gasteiger partial charge in [-0.1, -0.05) is 13.8 Å². The Morgan fingerprint density at radius 1 is 1.24 bits per heavy atom. The summed E-state index contributed by atoms with van der Waals surface area (Å²) in [7, 11) is 0. The lowest BCUT2D eigenvalue weighted by molar-refractivity contribution is -0.292. The first-order chi connectivity index (χ1) is 9.54. The zero-order valence-electron chi connectivity index (χ0n) is 13.6. The maximum Gasteiger partial charge on any atom is 0.312 e. The fourth-order valence-electron chi connectivity index (χ4n) is 5.00. The van der Waals surface area contributed by atoms with Crippen molar-refractivity contribution < 1.29 is 19.7 Å². The van der Waals surface area contributed by atoms with E-state index in [1.54, 1.807) is 0 Å². The molecule has 0 amide bonds. The number of rotatable bonds is 3. The molecule has 0 heterocycles. The first-order valence-electron chi connectivity index (χ1n) is 8.22. The molecule has 5 atom stereocenters. The average molecular weight is 296 g/mol. The first kappa shape index (κ1) is 15.3. The molecule has 4 saturated carbocycles. The Hall–Kier alpha value is -0.610. The van der Waals surface area contributed by atoms with Crippen LogP contribution in [0.25, 0.3) is 0 Å². The number of hydrogen-bond acceptors (Lipinski definition) is 4. The van der Waals surface area contributed by atoms with Crippen molar-refractivity contribution in [3.8, 4) is 0 Å². The van der Waals surface area contributed by atoms with E-state index in [1.165, 1.54) is 0 Å². The normalized spacial score (nSPS) is 48.5. The van der Waals surface area contributed by atoms with Crippen molar-refractivity contribution in [2.45, 2.75) is 83.0 Å². The van der Waals surface area contributed by atoms with E-state index in [0.717, 1.165) is 19.3 Å². The van der Waals surface area contributed by atoms with Gasteiger partial charge in [0.2, 0.25) is 0 Å². The highest BCUT2D eigenvalue weighted by atomic mass is 16.6. The van der Waals surface area contributed by atoms with E-state index < -0.39 is 22.2 Å². The van der Waals surface area contributed by atoms with E-state index in [-0.39, 0.29) is 17.8 Å². The van der Waals surface area contributed by atoms with Crippen LogP contribution < -0.4 is 0 Å². The van der Waals surface area contributed by atoms with Crippen molar-refractivity contribution in [1.82, 2.24) is 0 Å². The van der Waals surface area contributed by atoms with E-state index in [2.05, 4.69) is 0 Å². The smallest absolute Gasteiger partial charge is 0.312 e. The molecule has 0 aliphatic heterocycles. The van der Waals surface area contributed by atoms with Gasteiger partial charge in [0.05, 0.1) is 16.6 Å². The van der Waals surface area contributed by atoms with Crippen LogP contribution in [-0.4, -0.2) is 33.0 Å². The highest BCUT2D eigenvalue weighted by molar-refractivity contribution is 5.76. The summed E-state index contributed by atoms with van der Waals surface area (Å²) in [6, 6.07) is 0. The zero-order valence-corrected chi connectivity index (χ0v) is 13.6. The molecule has 0 aromatic rings. The molecule has 4 aliphatic carbocycles. The molecule has 0 aromatic carbocycles. The predicted octanol–water partition coefficient (Wildman–Crippen LogP) is 2.41. The second-order valence-electron chi connectivity index (χ2n) is 8.57. The van der Waals surface area contributed by atoms with Gasteiger partial charge in [-0.25, -0.2) is 0 Å². The molecule has 0 spiro atoms. The molecule has 4 rings (SSSR count). The van der Waals surface area contributed by atoms with Crippen molar-refractivity contribution in [1.29, 1.82) is 0 Å². The van der Waals surface area contributed by atoms with Crippen LogP contribution in [0.5, 0.6) is 0 Å². The summed E-state index contributed by atoms with van der Waals surface area (Å²) in [5, 5.41) is 21.7. The summed E-state index contributed by atoms with van der Waals surface area (Å²) in [5.74, 6) is -0.0549. The highest BCUT2D eigenvalue weighted by Gasteiger charge is 2.68. The zero-order chi connectivity index (χ0) is 15.7. The summed E-state index contributed by atoms with van der Waals surface area (Å²) in [6.07, 6.45) is 3.86. The Bertz CT molecular complexity index is 473. The molecule has 21 heavy (non-hydrogen) atoms. The molecular formula is C17H28O4. The van der Waals surface area contributed by atoms with Gasteiger partial charge in [-0.15, -0.1) is 0 Å². The van der Waals surface area contributed by atoms with Crippen molar-refractivity contribution >= 4 is 5.97 Å². The van der Waals surface area contributed by atoms with Crippen LogP contribution in [0.2, 0.25) is 0 Å². The van der Waals surface area contributed by atoms with Crippen molar-refractivity contribution in [3.05, 3.63) is 0 Å². The lowest BCUT2D eigenvalue weighted by atomic mass is 9.46. The van der Waals surface area contributed by atoms with Gasteiger partial charge in [-0.05, 0) is 45.4 Å². The van der Waals surface area contributed by atoms with E-state index in [9.17, 15) is 15.0 Å². The Morgan fingerprint density at radius 2 is 1.90 bits per heavy atom. The number of hydrogen-bond donors (Lipinski definition) is 2. The largest absolute Gasteiger partial charge is 0.458 e. The Kier molecular flexibility index (Phi) is 3.08. The minimum atomic E-state index is -0.884. The number of esters is 1. The third-order valence-electron chi connectivity index (χ3n) is 6.54. The van der Waals surface area contributed by atoms with Gasteiger partial charge in [-0.2, -0.15) is 0 Å². The van der Waals surface area contributed by atoms with Gasteiger partial charge in [0, 0.05) is 18.8 Å². The van der Waals surface area contributed by atoms with Crippen LogP contribution in [0.15, 0.2) is 0 Å². The molecule has 120 valence electrons. The monoisotopic (exact) mass is 296 g/mol. The maximum absolute atomic E-state index is 12.5. The van der Waals surface area contributed by atoms with E-state index in [0.29, 0.717) is 19.3 Å². The van der Waals surface area contributed by atoms with Crippen LogP contribution in [0.1, 0.15) is 66.2 Å². The number of carbonyl (C=O) groups is 1. The van der Waals surface area contributed by atoms with Gasteiger partial charge in [0.15, 0.2) is 0 Å². The Labute approximate surface area is 126 Å². The second kappa shape index (κ2) is 4.23. The summed E-state index contributed by atoms with van der Waals surface area (Å²) in [6.45, 7) is 7.74. The van der Waals surface area contributed by atoms with Crippen LogP contribution in [-0.2, 0) is 9.53 Å². The molecule has 0 radical (unpaired) electrons. The molecule has 4 aliphatic rings. The number of aliphatic hydroxyl groups is 2.